The van der Waals surface area contributed by atoms with Gasteiger partial charge in [-0.25, -0.2) is 0 Å². The lowest BCUT2D eigenvalue weighted by Gasteiger charge is -2.45. The Morgan fingerprint density at radius 2 is 2.11 bits per heavy atom. The predicted octanol–water partition coefficient (Wildman–Crippen LogP) is 2.99. The van der Waals surface area contributed by atoms with E-state index >= 15 is 0 Å². The Kier molecular flexibility index (Phi) is 3.90. The van der Waals surface area contributed by atoms with E-state index in [1.54, 1.807) is 11.1 Å². The van der Waals surface area contributed by atoms with Gasteiger partial charge in [0.2, 0.25) is 0 Å². The number of nitrogens with one attached hydrogen (secondary N) is 1. The summed E-state index contributed by atoms with van der Waals surface area (Å²) in [4.78, 5) is 2.78. The summed E-state index contributed by atoms with van der Waals surface area (Å²) in [7, 11) is 0. The normalized spacial score (nSPS) is 28.4. The molecule has 1 aliphatic carbocycles. The van der Waals surface area contributed by atoms with Gasteiger partial charge in [0.15, 0.2) is 0 Å². The zero-order chi connectivity index (χ0) is 13.2. The molecule has 1 heterocycles. The molecule has 2 aliphatic rings. The van der Waals surface area contributed by atoms with Crippen molar-refractivity contribution < 1.29 is 0 Å². The lowest BCUT2D eigenvalue weighted by molar-refractivity contribution is 0.0676. The number of hydrogen-bond acceptors (Lipinski definition) is 2. The van der Waals surface area contributed by atoms with Gasteiger partial charge in [0.1, 0.15) is 0 Å². The van der Waals surface area contributed by atoms with Gasteiger partial charge in [0.05, 0.1) is 0 Å². The molecule has 19 heavy (non-hydrogen) atoms. The van der Waals surface area contributed by atoms with Crippen LogP contribution >= 0.6 is 0 Å². The molecule has 0 saturated carbocycles. The second-order valence-corrected chi connectivity index (χ2v) is 6.36. The van der Waals surface area contributed by atoms with Crippen LogP contribution < -0.4 is 5.32 Å². The van der Waals surface area contributed by atoms with Crippen LogP contribution in [-0.2, 0) is 6.42 Å². The van der Waals surface area contributed by atoms with Gasteiger partial charge in [-0.05, 0) is 36.3 Å². The minimum atomic E-state index is 0.652. The Hall–Kier alpha value is -0.860. The van der Waals surface area contributed by atoms with Crippen LogP contribution in [0.5, 0.6) is 0 Å². The highest BCUT2D eigenvalue weighted by Gasteiger charge is 2.33. The van der Waals surface area contributed by atoms with Gasteiger partial charge < -0.3 is 5.32 Å². The molecule has 2 atom stereocenters. The third-order valence-electron chi connectivity index (χ3n) is 4.83. The van der Waals surface area contributed by atoms with Gasteiger partial charge in [-0.1, -0.05) is 38.1 Å². The van der Waals surface area contributed by atoms with Crippen LogP contribution in [0, 0.1) is 5.92 Å². The fourth-order valence-corrected chi connectivity index (χ4v) is 3.82. The summed E-state index contributed by atoms with van der Waals surface area (Å²) < 4.78 is 0. The summed E-state index contributed by atoms with van der Waals surface area (Å²) in [5, 5.41) is 3.57. The Labute approximate surface area is 117 Å². The second-order valence-electron chi connectivity index (χ2n) is 6.36. The maximum Gasteiger partial charge on any atom is 0.0355 e. The number of hydrogen-bond donors (Lipinski definition) is 1. The molecule has 0 amide bonds. The largest absolute Gasteiger partial charge is 0.314 e. The van der Waals surface area contributed by atoms with Crippen LogP contribution in [0.1, 0.15) is 43.9 Å². The Bertz CT molecular complexity index is 427. The topological polar surface area (TPSA) is 15.3 Å². The molecule has 0 bridgehead atoms. The average Bonchev–Trinajstić information content (AvgIpc) is 2.46. The number of rotatable bonds is 2. The van der Waals surface area contributed by atoms with Gasteiger partial charge in [-0.3, -0.25) is 4.90 Å². The molecule has 0 spiro atoms. The van der Waals surface area contributed by atoms with E-state index in [1.165, 1.54) is 25.8 Å². The number of fused-ring (bicyclic) bond motifs is 1. The second kappa shape index (κ2) is 5.64. The molecule has 1 aliphatic heterocycles. The molecule has 1 aromatic rings. The number of aryl methyl sites for hydroxylation is 1. The molecule has 2 heteroatoms. The third kappa shape index (κ3) is 2.56. The van der Waals surface area contributed by atoms with E-state index in [1.807, 2.05) is 0 Å². The number of piperazine rings is 1. The lowest BCUT2D eigenvalue weighted by atomic mass is 9.85. The minimum absolute atomic E-state index is 0.652. The molecule has 1 N–H and O–H groups in total. The van der Waals surface area contributed by atoms with Crippen LogP contribution in [0.4, 0.5) is 0 Å². The van der Waals surface area contributed by atoms with Crippen LogP contribution in [0.25, 0.3) is 0 Å². The number of benzene rings is 1. The molecule has 1 fully saturated rings. The number of nitrogens with zero attached hydrogens (tertiary/aromatic N) is 1. The third-order valence-corrected chi connectivity index (χ3v) is 4.83. The first kappa shape index (κ1) is 13.1. The summed E-state index contributed by atoms with van der Waals surface area (Å²) in [6, 6.07) is 10.4. The van der Waals surface area contributed by atoms with Crippen molar-refractivity contribution in [2.45, 2.75) is 45.2 Å². The van der Waals surface area contributed by atoms with Crippen molar-refractivity contribution in [1.82, 2.24) is 10.2 Å². The summed E-state index contributed by atoms with van der Waals surface area (Å²) in [5.41, 5.74) is 3.18. The van der Waals surface area contributed by atoms with E-state index in [0.717, 1.165) is 19.0 Å². The van der Waals surface area contributed by atoms with Gasteiger partial charge in [-0.15, -0.1) is 0 Å². The molecule has 0 aromatic heterocycles. The summed E-state index contributed by atoms with van der Waals surface area (Å²) in [6.45, 7) is 8.21. The van der Waals surface area contributed by atoms with Crippen molar-refractivity contribution in [2.24, 2.45) is 5.92 Å². The molecule has 0 radical (unpaired) electrons. The van der Waals surface area contributed by atoms with Crippen molar-refractivity contribution in [3.8, 4) is 0 Å². The van der Waals surface area contributed by atoms with Crippen molar-refractivity contribution in [1.29, 1.82) is 0 Å². The lowest BCUT2D eigenvalue weighted by Crippen LogP contribution is -2.55. The van der Waals surface area contributed by atoms with Gasteiger partial charge in [-0.2, -0.15) is 0 Å². The molecule has 1 saturated heterocycles. The maximum atomic E-state index is 3.57. The zero-order valence-electron chi connectivity index (χ0n) is 12.2. The minimum Gasteiger partial charge on any atom is -0.314 e. The molecule has 1 aromatic carbocycles. The molecule has 2 unspecified atom stereocenters. The Morgan fingerprint density at radius 1 is 1.26 bits per heavy atom. The monoisotopic (exact) mass is 258 g/mol. The van der Waals surface area contributed by atoms with Crippen LogP contribution in [0.15, 0.2) is 24.3 Å². The van der Waals surface area contributed by atoms with Crippen molar-refractivity contribution >= 4 is 0 Å². The van der Waals surface area contributed by atoms with E-state index < -0.39 is 0 Å². The Balaban J connectivity index is 1.89. The maximum absolute atomic E-state index is 3.57. The van der Waals surface area contributed by atoms with Crippen LogP contribution in [0.2, 0.25) is 0 Å². The molecular formula is C17H26N2. The van der Waals surface area contributed by atoms with Crippen molar-refractivity contribution in [3.63, 3.8) is 0 Å². The highest BCUT2D eigenvalue weighted by atomic mass is 15.2. The first-order chi connectivity index (χ1) is 9.27. The van der Waals surface area contributed by atoms with Gasteiger partial charge >= 0.3 is 0 Å². The fraction of sp³-hybridized carbons (Fsp3) is 0.647. The molecular weight excluding hydrogens is 232 g/mol. The van der Waals surface area contributed by atoms with E-state index in [-0.39, 0.29) is 0 Å². The van der Waals surface area contributed by atoms with Crippen LogP contribution in [-0.4, -0.2) is 30.6 Å². The van der Waals surface area contributed by atoms with E-state index in [9.17, 15) is 0 Å². The molecule has 3 rings (SSSR count). The highest BCUT2D eigenvalue weighted by Crippen LogP contribution is 2.36. The quantitative estimate of drug-likeness (QED) is 0.877. The zero-order valence-corrected chi connectivity index (χ0v) is 12.2. The first-order valence-corrected chi connectivity index (χ1v) is 7.81. The molecule has 104 valence electrons. The SMILES string of the molecule is CC(C)C1CNCCN1C1CCCc2ccccc21. The van der Waals surface area contributed by atoms with E-state index in [4.69, 9.17) is 0 Å². The predicted molar refractivity (Wildman–Crippen MR) is 80.3 cm³/mol. The average molecular weight is 258 g/mol. The summed E-state index contributed by atoms with van der Waals surface area (Å²) in [5.74, 6) is 0.724. The standard InChI is InChI=1S/C17H26N2/c1-13(2)17-12-18-10-11-19(17)16-9-5-7-14-6-3-4-8-15(14)16/h3-4,6,8,13,16-18H,5,7,9-12H2,1-2H3. The summed E-state index contributed by atoms with van der Waals surface area (Å²) >= 11 is 0. The van der Waals surface area contributed by atoms with Crippen molar-refractivity contribution in [3.05, 3.63) is 35.4 Å². The van der Waals surface area contributed by atoms with Gasteiger partial charge in [0.25, 0.3) is 0 Å². The van der Waals surface area contributed by atoms with E-state index in [0.29, 0.717) is 12.1 Å². The van der Waals surface area contributed by atoms with Gasteiger partial charge in [0, 0.05) is 31.7 Å². The summed E-state index contributed by atoms with van der Waals surface area (Å²) in [6.07, 6.45) is 3.95. The fourth-order valence-electron chi connectivity index (χ4n) is 3.82. The Morgan fingerprint density at radius 3 is 2.95 bits per heavy atom. The highest BCUT2D eigenvalue weighted by molar-refractivity contribution is 5.32. The smallest absolute Gasteiger partial charge is 0.0355 e. The van der Waals surface area contributed by atoms with Crippen molar-refractivity contribution in [2.75, 3.05) is 19.6 Å². The van der Waals surface area contributed by atoms with Crippen LogP contribution in [0.3, 0.4) is 0 Å². The van der Waals surface area contributed by atoms with E-state index in [2.05, 4.69) is 48.3 Å². The molecule has 2 nitrogen and oxygen atoms in total. The first-order valence-electron chi connectivity index (χ1n) is 7.81.